The maximum absolute atomic E-state index is 12.4. The first-order valence-electron chi connectivity index (χ1n) is 6.57. The number of likely N-dealkylation sites (tertiary alicyclic amines) is 1. The first-order valence-corrected chi connectivity index (χ1v) is 6.57. The van der Waals surface area contributed by atoms with Gasteiger partial charge in [0.05, 0.1) is 5.56 Å². The zero-order chi connectivity index (χ0) is 13.8. The van der Waals surface area contributed by atoms with Crippen LogP contribution in [0.4, 0.5) is 0 Å². The van der Waals surface area contributed by atoms with Gasteiger partial charge in [-0.05, 0) is 37.3 Å². The number of amides is 1. The fraction of sp³-hybridized carbons (Fsp3) is 0.500. The lowest BCUT2D eigenvalue weighted by Crippen LogP contribution is -2.33. The van der Waals surface area contributed by atoms with Gasteiger partial charge in [0.15, 0.2) is 0 Å². The van der Waals surface area contributed by atoms with E-state index in [-0.39, 0.29) is 17.2 Å². The van der Waals surface area contributed by atoms with Crippen LogP contribution < -0.4 is 0 Å². The molecule has 1 N–H and O–H groups in total. The summed E-state index contributed by atoms with van der Waals surface area (Å²) in [7, 11) is 0. The molecule has 0 aliphatic carbocycles. The van der Waals surface area contributed by atoms with Crippen LogP contribution in [0.2, 0.25) is 0 Å². The molecule has 2 rings (SSSR count). The quantitative estimate of drug-likeness (QED) is 0.885. The summed E-state index contributed by atoms with van der Waals surface area (Å²) in [5, 5.41) is 9.10. The molecule has 1 unspecified atom stereocenters. The van der Waals surface area contributed by atoms with Crippen LogP contribution in [0.1, 0.15) is 47.0 Å². The summed E-state index contributed by atoms with van der Waals surface area (Å²) >= 11 is 0. The lowest BCUT2D eigenvalue weighted by Gasteiger charge is -2.20. The molecule has 1 saturated heterocycles. The van der Waals surface area contributed by atoms with Crippen molar-refractivity contribution in [1.82, 2.24) is 9.88 Å². The summed E-state index contributed by atoms with van der Waals surface area (Å²) in [4.78, 5) is 29.2. The normalized spacial score (nSPS) is 19.8. The van der Waals surface area contributed by atoms with Crippen molar-refractivity contribution in [3.05, 3.63) is 29.6 Å². The first kappa shape index (κ1) is 13.5. The number of aromatic carboxylic acids is 1. The Labute approximate surface area is 112 Å². The van der Waals surface area contributed by atoms with Crippen LogP contribution in [0.15, 0.2) is 18.3 Å². The van der Waals surface area contributed by atoms with Crippen LogP contribution in [-0.4, -0.2) is 40.0 Å². The molecule has 0 saturated carbocycles. The SMILES string of the molecule is CC1CCCN(C(=O)c2ncccc2C(=O)O)CC1. The highest BCUT2D eigenvalue weighted by atomic mass is 16.4. The topological polar surface area (TPSA) is 70.5 Å². The number of nitrogens with zero attached hydrogens (tertiary/aromatic N) is 2. The Morgan fingerprint density at radius 3 is 2.89 bits per heavy atom. The number of carboxylic acids is 1. The van der Waals surface area contributed by atoms with Gasteiger partial charge in [0, 0.05) is 19.3 Å². The number of carboxylic acid groups (broad SMARTS) is 1. The van der Waals surface area contributed by atoms with Crippen molar-refractivity contribution < 1.29 is 14.7 Å². The number of aromatic nitrogens is 1. The van der Waals surface area contributed by atoms with Crippen LogP contribution in [0.5, 0.6) is 0 Å². The maximum Gasteiger partial charge on any atom is 0.338 e. The lowest BCUT2D eigenvalue weighted by atomic mass is 10.0. The third-order valence-corrected chi connectivity index (χ3v) is 3.54. The second-order valence-corrected chi connectivity index (χ2v) is 5.03. The van der Waals surface area contributed by atoms with E-state index in [4.69, 9.17) is 5.11 Å². The average molecular weight is 262 g/mol. The van der Waals surface area contributed by atoms with Crippen LogP contribution in [-0.2, 0) is 0 Å². The van der Waals surface area contributed by atoms with Crippen molar-refractivity contribution in [2.45, 2.75) is 26.2 Å². The van der Waals surface area contributed by atoms with Crippen molar-refractivity contribution in [2.24, 2.45) is 5.92 Å². The van der Waals surface area contributed by atoms with E-state index in [9.17, 15) is 9.59 Å². The van der Waals surface area contributed by atoms with Crippen LogP contribution in [0.3, 0.4) is 0 Å². The minimum Gasteiger partial charge on any atom is -0.478 e. The highest BCUT2D eigenvalue weighted by Gasteiger charge is 2.24. The van der Waals surface area contributed by atoms with Gasteiger partial charge < -0.3 is 10.0 Å². The molecule has 1 aromatic heterocycles. The second-order valence-electron chi connectivity index (χ2n) is 5.03. The van der Waals surface area contributed by atoms with E-state index in [0.717, 1.165) is 19.3 Å². The summed E-state index contributed by atoms with van der Waals surface area (Å²) in [5.41, 5.74) is 0.0225. The van der Waals surface area contributed by atoms with Crippen LogP contribution in [0.25, 0.3) is 0 Å². The Morgan fingerprint density at radius 1 is 1.37 bits per heavy atom. The van der Waals surface area contributed by atoms with E-state index in [0.29, 0.717) is 19.0 Å². The fourth-order valence-corrected chi connectivity index (χ4v) is 2.36. The van der Waals surface area contributed by atoms with Gasteiger partial charge >= 0.3 is 5.97 Å². The molecule has 19 heavy (non-hydrogen) atoms. The Hall–Kier alpha value is -1.91. The number of carbonyl (C=O) groups excluding carboxylic acids is 1. The Balaban J connectivity index is 2.21. The largest absolute Gasteiger partial charge is 0.478 e. The summed E-state index contributed by atoms with van der Waals surface area (Å²) in [6.07, 6.45) is 4.49. The van der Waals surface area contributed by atoms with E-state index in [2.05, 4.69) is 11.9 Å². The molecule has 1 amide bonds. The summed E-state index contributed by atoms with van der Waals surface area (Å²) in [5.74, 6) is -0.771. The lowest BCUT2D eigenvalue weighted by molar-refractivity contribution is 0.0673. The van der Waals surface area contributed by atoms with E-state index in [1.54, 1.807) is 4.90 Å². The van der Waals surface area contributed by atoms with Crippen molar-refractivity contribution in [1.29, 1.82) is 0 Å². The summed E-state index contributed by atoms with van der Waals surface area (Å²) in [6, 6.07) is 2.95. The molecule has 102 valence electrons. The van der Waals surface area contributed by atoms with Crippen molar-refractivity contribution >= 4 is 11.9 Å². The molecule has 0 radical (unpaired) electrons. The van der Waals surface area contributed by atoms with Crippen molar-refractivity contribution in [3.8, 4) is 0 Å². The smallest absolute Gasteiger partial charge is 0.338 e. The molecule has 0 spiro atoms. The van der Waals surface area contributed by atoms with Gasteiger partial charge in [-0.15, -0.1) is 0 Å². The molecule has 1 atom stereocenters. The van der Waals surface area contributed by atoms with E-state index in [1.165, 1.54) is 18.3 Å². The summed E-state index contributed by atoms with van der Waals surface area (Å²) in [6.45, 7) is 3.53. The minimum atomic E-state index is -1.11. The fourth-order valence-electron chi connectivity index (χ4n) is 2.36. The zero-order valence-electron chi connectivity index (χ0n) is 11.0. The van der Waals surface area contributed by atoms with E-state index >= 15 is 0 Å². The number of carbonyl (C=O) groups is 2. The standard InChI is InChI=1S/C14H18N2O3/c1-10-4-3-8-16(9-6-10)13(17)12-11(14(18)19)5-2-7-15-12/h2,5,7,10H,3-4,6,8-9H2,1H3,(H,18,19). The molecule has 0 aromatic carbocycles. The highest BCUT2D eigenvalue weighted by molar-refractivity contribution is 6.03. The molecule has 1 fully saturated rings. The second kappa shape index (κ2) is 5.82. The Kier molecular flexibility index (Phi) is 4.14. The predicted octanol–water partition coefficient (Wildman–Crippen LogP) is 2.04. The first-order chi connectivity index (χ1) is 9.09. The monoisotopic (exact) mass is 262 g/mol. The zero-order valence-corrected chi connectivity index (χ0v) is 11.0. The van der Waals surface area contributed by atoms with Crippen molar-refractivity contribution in [3.63, 3.8) is 0 Å². The molecule has 1 aliphatic rings. The van der Waals surface area contributed by atoms with Gasteiger partial charge in [0.2, 0.25) is 0 Å². The number of pyridine rings is 1. The Morgan fingerprint density at radius 2 is 2.16 bits per heavy atom. The molecule has 1 aliphatic heterocycles. The molecule has 5 heteroatoms. The number of hydrogen-bond donors (Lipinski definition) is 1. The van der Waals surface area contributed by atoms with E-state index in [1.807, 2.05) is 0 Å². The molecular weight excluding hydrogens is 244 g/mol. The van der Waals surface area contributed by atoms with Gasteiger partial charge in [-0.1, -0.05) is 6.92 Å². The highest BCUT2D eigenvalue weighted by Crippen LogP contribution is 2.18. The van der Waals surface area contributed by atoms with Gasteiger partial charge in [-0.3, -0.25) is 9.78 Å². The summed E-state index contributed by atoms with van der Waals surface area (Å²) < 4.78 is 0. The maximum atomic E-state index is 12.4. The third-order valence-electron chi connectivity index (χ3n) is 3.54. The molecule has 0 bridgehead atoms. The van der Waals surface area contributed by atoms with E-state index < -0.39 is 5.97 Å². The predicted molar refractivity (Wildman–Crippen MR) is 70.1 cm³/mol. The average Bonchev–Trinajstić information content (AvgIpc) is 2.62. The molecule has 1 aromatic rings. The van der Waals surface area contributed by atoms with Gasteiger partial charge in [-0.2, -0.15) is 0 Å². The van der Waals surface area contributed by atoms with Gasteiger partial charge in [0.25, 0.3) is 5.91 Å². The Bertz CT molecular complexity index is 487. The van der Waals surface area contributed by atoms with Gasteiger partial charge in [0.1, 0.15) is 5.69 Å². The van der Waals surface area contributed by atoms with Gasteiger partial charge in [-0.25, -0.2) is 4.79 Å². The van der Waals surface area contributed by atoms with Crippen molar-refractivity contribution in [2.75, 3.05) is 13.1 Å². The number of rotatable bonds is 2. The minimum absolute atomic E-state index is 0.0233. The molecule has 5 nitrogen and oxygen atoms in total. The number of hydrogen-bond acceptors (Lipinski definition) is 3. The van der Waals surface area contributed by atoms with Crippen LogP contribution >= 0.6 is 0 Å². The molecule has 2 heterocycles. The molecular formula is C14H18N2O3. The third kappa shape index (κ3) is 3.10. The van der Waals surface area contributed by atoms with Crippen LogP contribution in [0, 0.1) is 5.92 Å².